The Kier molecular flexibility index (Phi) is 4.18. The number of aryl methyl sites for hydroxylation is 2. The average molecular weight is 339 g/mol. The summed E-state index contributed by atoms with van der Waals surface area (Å²) < 4.78 is 0. The van der Waals surface area contributed by atoms with Crippen molar-refractivity contribution in [3.05, 3.63) is 105 Å². The third kappa shape index (κ3) is 2.84. The summed E-state index contributed by atoms with van der Waals surface area (Å²) >= 11 is 0. The smallest absolute Gasteiger partial charge is 0.193 e. The van der Waals surface area contributed by atoms with E-state index >= 15 is 0 Å². The third-order valence-electron chi connectivity index (χ3n) is 5.05. The van der Waals surface area contributed by atoms with E-state index in [1.165, 1.54) is 11.1 Å². The zero-order valence-corrected chi connectivity index (χ0v) is 15.0. The predicted octanol–water partition coefficient (Wildman–Crippen LogP) is 5.40. The molecule has 0 saturated heterocycles. The van der Waals surface area contributed by atoms with Crippen molar-refractivity contribution < 1.29 is 0 Å². The first-order valence-electron chi connectivity index (χ1n) is 8.89. The van der Waals surface area contributed by atoms with Gasteiger partial charge in [-0.25, -0.2) is 0 Å². The highest BCUT2D eigenvalue weighted by atomic mass is 16.1. The van der Waals surface area contributed by atoms with Crippen LogP contribution in [-0.2, 0) is 6.42 Å². The number of benzene rings is 3. The molecule has 26 heavy (non-hydrogen) atoms. The minimum absolute atomic E-state index is 0.112. The molecule has 0 aliphatic heterocycles. The number of aromatic nitrogens is 1. The largest absolute Gasteiger partial charge is 0.354 e. The summed E-state index contributed by atoms with van der Waals surface area (Å²) in [6, 6.07) is 24.2. The van der Waals surface area contributed by atoms with Crippen molar-refractivity contribution in [3.8, 4) is 11.3 Å². The fourth-order valence-electron chi connectivity index (χ4n) is 3.53. The molecule has 4 aromatic rings. The van der Waals surface area contributed by atoms with Crippen LogP contribution in [0.1, 0.15) is 22.3 Å². The topological polar surface area (TPSA) is 32.9 Å². The van der Waals surface area contributed by atoms with Crippen molar-refractivity contribution in [2.75, 3.05) is 0 Å². The highest BCUT2D eigenvalue weighted by Gasteiger charge is 2.16. The van der Waals surface area contributed by atoms with Crippen LogP contribution in [0.3, 0.4) is 0 Å². The Labute approximate surface area is 153 Å². The molecule has 0 spiro atoms. The van der Waals surface area contributed by atoms with Gasteiger partial charge in [0.25, 0.3) is 0 Å². The fraction of sp³-hybridized carbons (Fsp3) is 0.125. The Bertz CT molecular complexity index is 1150. The molecule has 3 aromatic carbocycles. The second kappa shape index (κ2) is 6.64. The number of hydrogen-bond donors (Lipinski definition) is 1. The SMILES string of the molecule is Cc1ccccc1Cc1c(-c2ccccc2C)[nH]c2ccccc2c1=O. The van der Waals surface area contributed by atoms with E-state index in [4.69, 9.17) is 0 Å². The molecule has 0 fully saturated rings. The molecule has 128 valence electrons. The van der Waals surface area contributed by atoms with Crippen LogP contribution in [0.4, 0.5) is 0 Å². The lowest BCUT2D eigenvalue weighted by molar-refractivity contribution is 1.12. The quantitative estimate of drug-likeness (QED) is 0.532. The Morgan fingerprint density at radius 1 is 0.769 bits per heavy atom. The molecule has 0 unspecified atom stereocenters. The fourth-order valence-corrected chi connectivity index (χ4v) is 3.53. The Morgan fingerprint density at radius 2 is 1.42 bits per heavy atom. The monoisotopic (exact) mass is 339 g/mol. The zero-order valence-electron chi connectivity index (χ0n) is 15.0. The lowest BCUT2D eigenvalue weighted by atomic mass is 9.93. The van der Waals surface area contributed by atoms with Gasteiger partial charge in [-0.3, -0.25) is 4.79 Å². The predicted molar refractivity (Wildman–Crippen MR) is 109 cm³/mol. The molecular formula is C24H21NO. The van der Waals surface area contributed by atoms with Gasteiger partial charge in [0, 0.05) is 28.5 Å². The van der Waals surface area contributed by atoms with Gasteiger partial charge in [-0.2, -0.15) is 0 Å². The summed E-state index contributed by atoms with van der Waals surface area (Å²) in [4.78, 5) is 16.9. The van der Waals surface area contributed by atoms with Gasteiger partial charge in [-0.05, 0) is 42.7 Å². The highest BCUT2D eigenvalue weighted by Crippen LogP contribution is 2.27. The summed E-state index contributed by atoms with van der Waals surface area (Å²) in [5.74, 6) is 0. The van der Waals surface area contributed by atoms with Crippen LogP contribution in [0.5, 0.6) is 0 Å². The second-order valence-electron chi connectivity index (χ2n) is 6.77. The Balaban J connectivity index is 2.02. The van der Waals surface area contributed by atoms with Gasteiger partial charge in [0.1, 0.15) is 0 Å². The molecule has 0 amide bonds. The van der Waals surface area contributed by atoms with Gasteiger partial charge in [0.15, 0.2) is 5.43 Å². The van der Waals surface area contributed by atoms with E-state index in [2.05, 4.69) is 43.1 Å². The van der Waals surface area contributed by atoms with Gasteiger partial charge in [0.05, 0.1) is 5.69 Å². The summed E-state index contributed by atoms with van der Waals surface area (Å²) in [6.07, 6.45) is 0.622. The number of para-hydroxylation sites is 1. The van der Waals surface area contributed by atoms with Gasteiger partial charge in [-0.1, -0.05) is 60.7 Å². The number of aromatic amines is 1. The van der Waals surface area contributed by atoms with Crippen LogP contribution in [0.25, 0.3) is 22.2 Å². The molecule has 1 heterocycles. The van der Waals surface area contributed by atoms with Crippen molar-refractivity contribution in [2.45, 2.75) is 20.3 Å². The van der Waals surface area contributed by atoms with Crippen LogP contribution >= 0.6 is 0 Å². The summed E-state index contributed by atoms with van der Waals surface area (Å²) in [5.41, 5.74) is 7.37. The molecule has 0 atom stereocenters. The second-order valence-corrected chi connectivity index (χ2v) is 6.77. The van der Waals surface area contributed by atoms with Crippen molar-refractivity contribution >= 4 is 10.9 Å². The maximum Gasteiger partial charge on any atom is 0.193 e. The number of fused-ring (bicyclic) bond motifs is 1. The zero-order chi connectivity index (χ0) is 18.1. The van der Waals surface area contributed by atoms with E-state index in [-0.39, 0.29) is 5.43 Å². The van der Waals surface area contributed by atoms with Gasteiger partial charge in [0.2, 0.25) is 0 Å². The summed E-state index contributed by atoms with van der Waals surface area (Å²) in [5, 5.41) is 0.744. The third-order valence-corrected chi connectivity index (χ3v) is 5.05. The average Bonchev–Trinajstić information content (AvgIpc) is 2.66. The first-order chi connectivity index (χ1) is 12.6. The van der Waals surface area contributed by atoms with Crippen LogP contribution in [0.15, 0.2) is 77.6 Å². The number of nitrogens with one attached hydrogen (secondary N) is 1. The molecule has 0 aliphatic rings. The molecule has 2 nitrogen and oxygen atoms in total. The molecule has 0 bridgehead atoms. The van der Waals surface area contributed by atoms with E-state index in [0.29, 0.717) is 6.42 Å². The summed E-state index contributed by atoms with van der Waals surface area (Å²) in [7, 11) is 0. The van der Waals surface area contributed by atoms with Crippen molar-refractivity contribution in [2.24, 2.45) is 0 Å². The summed E-state index contributed by atoms with van der Waals surface area (Å²) in [6.45, 7) is 4.18. The van der Waals surface area contributed by atoms with Crippen molar-refractivity contribution in [1.82, 2.24) is 4.98 Å². The standard InChI is InChI=1S/C24H21NO/c1-16-9-3-5-11-18(16)15-21-23(19-12-6-4-10-17(19)2)25-22-14-8-7-13-20(22)24(21)26/h3-14H,15H2,1-2H3,(H,25,26). The molecule has 2 heteroatoms. The van der Waals surface area contributed by atoms with Crippen LogP contribution < -0.4 is 5.43 Å². The first kappa shape index (κ1) is 16.3. The van der Waals surface area contributed by atoms with Crippen molar-refractivity contribution in [3.63, 3.8) is 0 Å². The van der Waals surface area contributed by atoms with E-state index < -0.39 is 0 Å². The van der Waals surface area contributed by atoms with E-state index in [0.717, 1.165) is 33.3 Å². The van der Waals surface area contributed by atoms with E-state index in [1.807, 2.05) is 48.5 Å². The normalized spacial score (nSPS) is 11.0. The number of pyridine rings is 1. The van der Waals surface area contributed by atoms with E-state index in [9.17, 15) is 4.79 Å². The molecule has 0 saturated carbocycles. The van der Waals surface area contributed by atoms with Crippen molar-refractivity contribution in [1.29, 1.82) is 0 Å². The molecule has 4 rings (SSSR count). The highest BCUT2D eigenvalue weighted by molar-refractivity contribution is 5.84. The minimum atomic E-state index is 0.112. The van der Waals surface area contributed by atoms with E-state index in [1.54, 1.807) is 0 Å². The number of rotatable bonds is 3. The molecule has 1 aromatic heterocycles. The van der Waals surface area contributed by atoms with Crippen LogP contribution in [0.2, 0.25) is 0 Å². The van der Waals surface area contributed by atoms with Gasteiger partial charge >= 0.3 is 0 Å². The molecule has 0 aliphatic carbocycles. The Hall–Kier alpha value is -3.13. The first-order valence-corrected chi connectivity index (χ1v) is 8.89. The van der Waals surface area contributed by atoms with Crippen LogP contribution in [-0.4, -0.2) is 4.98 Å². The molecular weight excluding hydrogens is 318 g/mol. The molecule has 0 radical (unpaired) electrons. The Morgan fingerprint density at radius 3 is 2.19 bits per heavy atom. The van der Waals surface area contributed by atoms with Gasteiger partial charge in [-0.15, -0.1) is 0 Å². The lowest BCUT2D eigenvalue weighted by Crippen LogP contribution is -2.14. The lowest BCUT2D eigenvalue weighted by Gasteiger charge is -2.14. The number of hydrogen-bond acceptors (Lipinski definition) is 1. The molecule has 1 N–H and O–H groups in total. The van der Waals surface area contributed by atoms with Crippen LogP contribution in [0, 0.1) is 13.8 Å². The minimum Gasteiger partial charge on any atom is -0.354 e. The maximum atomic E-state index is 13.3. The van der Waals surface area contributed by atoms with Gasteiger partial charge < -0.3 is 4.98 Å². The maximum absolute atomic E-state index is 13.3. The number of H-pyrrole nitrogens is 1.